The summed E-state index contributed by atoms with van der Waals surface area (Å²) in [4.78, 5) is 43.9. The number of primary amides is 1. The van der Waals surface area contributed by atoms with E-state index in [1.165, 1.54) is 6.92 Å². The van der Waals surface area contributed by atoms with Crippen molar-refractivity contribution in [2.75, 3.05) is 13.2 Å². The number of rotatable bonds is 8. The highest BCUT2D eigenvalue weighted by Crippen LogP contribution is 1.91. The Balaban J connectivity index is 3.98. The minimum absolute atomic E-state index is 0.0165. The first-order chi connectivity index (χ1) is 10.2. The molecule has 0 heterocycles. The number of carbonyl (C=O) groups is 4. The molecule has 0 saturated carbocycles. The van der Waals surface area contributed by atoms with E-state index in [4.69, 9.17) is 15.2 Å². The molecule has 3 amide bonds. The summed E-state index contributed by atoms with van der Waals surface area (Å²) >= 11 is 0. The molecule has 0 saturated heterocycles. The van der Waals surface area contributed by atoms with E-state index in [0.29, 0.717) is 0 Å². The molecule has 0 spiro atoms. The third kappa shape index (κ3) is 11.3. The lowest BCUT2D eigenvalue weighted by atomic mass is 10.3. The van der Waals surface area contributed by atoms with Gasteiger partial charge in [0, 0.05) is 19.1 Å². The van der Waals surface area contributed by atoms with Crippen molar-refractivity contribution >= 4 is 23.9 Å². The number of urea groups is 1. The molecular weight excluding hydrogens is 294 g/mol. The Morgan fingerprint density at radius 3 is 1.73 bits per heavy atom. The molecule has 4 N–H and O–H groups in total. The van der Waals surface area contributed by atoms with E-state index in [2.05, 4.69) is 10.6 Å². The predicted molar refractivity (Wildman–Crippen MR) is 76.5 cm³/mol. The summed E-state index contributed by atoms with van der Waals surface area (Å²) < 4.78 is 9.58. The standard InChI is InChI=1S/C13H21N3O6/c1-8(15-10(3)17)6-21-11(18)4-5-12(19)22-7-9(2)16-13(14)20/h4-5,8-9H,6-7H2,1-3H3,(H,15,17)(H3,14,16,20)/b5-4+/t8-,9-/m0/s1. The van der Waals surface area contributed by atoms with Crippen LogP contribution in [0.25, 0.3) is 0 Å². The van der Waals surface area contributed by atoms with Crippen molar-refractivity contribution in [3.05, 3.63) is 12.2 Å². The molecule has 0 aromatic carbocycles. The Morgan fingerprint density at radius 2 is 1.36 bits per heavy atom. The van der Waals surface area contributed by atoms with E-state index in [0.717, 1.165) is 12.2 Å². The minimum atomic E-state index is -0.759. The summed E-state index contributed by atoms with van der Waals surface area (Å²) in [5, 5.41) is 4.86. The second-order valence-electron chi connectivity index (χ2n) is 4.60. The lowest BCUT2D eigenvalue weighted by molar-refractivity contribution is -0.141. The molecule has 0 aliphatic carbocycles. The van der Waals surface area contributed by atoms with Crippen LogP contribution < -0.4 is 16.4 Å². The third-order valence-corrected chi connectivity index (χ3v) is 2.15. The van der Waals surface area contributed by atoms with Gasteiger partial charge in [0.25, 0.3) is 0 Å². The van der Waals surface area contributed by atoms with Crippen LogP contribution in [-0.4, -0.2) is 49.2 Å². The van der Waals surface area contributed by atoms with Crippen LogP contribution in [0.4, 0.5) is 4.79 Å². The molecule has 0 unspecified atom stereocenters. The van der Waals surface area contributed by atoms with Crippen LogP contribution in [0.5, 0.6) is 0 Å². The van der Waals surface area contributed by atoms with E-state index in [1.807, 2.05) is 0 Å². The molecule has 0 fully saturated rings. The van der Waals surface area contributed by atoms with Crippen LogP contribution in [0.3, 0.4) is 0 Å². The van der Waals surface area contributed by atoms with Crippen LogP contribution in [0.15, 0.2) is 12.2 Å². The van der Waals surface area contributed by atoms with Gasteiger partial charge >= 0.3 is 18.0 Å². The molecule has 2 atom stereocenters. The fraction of sp³-hybridized carbons (Fsp3) is 0.538. The number of nitrogens with one attached hydrogen (secondary N) is 2. The van der Waals surface area contributed by atoms with Crippen LogP contribution in [0.2, 0.25) is 0 Å². The molecular formula is C13H21N3O6. The van der Waals surface area contributed by atoms with Gasteiger partial charge in [-0.15, -0.1) is 0 Å². The maximum Gasteiger partial charge on any atom is 0.331 e. The first-order valence-electron chi connectivity index (χ1n) is 6.55. The van der Waals surface area contributed by atoms with Gasteiger partial charge in [-0.3, -0.25) is 4.79 Å². The highest BCUT2D eigenvalue weighted by atomic mass is 16.5. The average Bonchev–Trinajstić information content (AvgIpc) is 2.39. The monoisotopic (exact) mass is 315 g/mol. The Hall–Kier alpha value is -2.58. The van der Waals surface area contributed by atoms with E-state index >= 15 is 0 Å². The summed E-state index contributed by atoms with van der Waals surface area (Å²) in [5.41, 5.74) is 4.89. The Kier molecular flexibility index (Phi) is 9.00. The predicted octanol–water partition coefficient (Wildman–Crippen LogP) is -0.790. The van der Waals surface area contributed by atoms with Gasteiger partial charge in [0.1, 0.15) is 13.2 Å². The lowest BCUT2D eigenvalue weighted by Crippen LogP contribution is -2.39. The first-order valence-corrected chi connectivity index (χ1v) is 6.55. The zero-order chi connectivity index (χ0) is 17.1. The van der Waals surface area contributed by atoms with Gasteiger partial charge in [0.15, 0.2) is 0 Å². The SMILES string of the molecule is CC(=O)N[C@@H](C)COC(=O)/C=C/C(=O)OC[C@H](C)NC(N)=O. The molecule has 0 rings (SSSR count). The molecule has 22 heavy (non-hydrogen) atoms. The van der Waals surface area contributed by atoms with E-state index < -0.39 is 24.0 Å². The van der Waals surface area contributed by atoms with Gasteiger partial charge in [0.2, 0.25) is 5.91 Å². The quantitative estimate of drug-likeness (QED) is 0.396. The lowest BCUT2D eigenvalue weighted by Gasteiger charge is -2.12. The summed E-state index contributed by atoms with van der Waals surface area (Å²) in [5.74, 6) is -1.73. The molecule has 0 bridgehead atoms. The summed E-state index contributed by atoms with van der Waals surface area (Å²) in [7, 11) is 0. The maximum atomic E-state index is 11.3. The van der Waals surface area contributed by atoms with Crippen LogP contribution in [0.1, 0.15) is 20.8 Å². The van der Waals surface area contributed by atoms with Gasteiger partial charge in [-0.1, -0.05) is 0 Å². The largest absolute Gasteiger partial charge is 0.460 e. The minimum Gasteiger partial charge on any atom is -0.460 e. The second kappa shape index (κ2) is 10.2. The third-order valence-electron chi connectivity index (χ3n) is 2.15. The van der Waals surface area contributed by atoms with Crippen molar-refractivity contribution < 1.29 is 28.7 Å². The fourth-order valence-corrected chi connectivity index (χ4v) is 1.32. The van der Waals surface area contributed by atoms with Gasteiger partial charge in [0.05, 0.1) is 12.1 Å². The average molecular weight is 315 g/mol. The maximum absolute atomic E-state index is 11.3. The number of hydrogen-bond donors (Lipinski definition) is 3. The zero-order valence-corrected chi connectivity index (χ0v) is 12.8. The number of hydrogen-bond acceptors (Lipinski definition) is 6. The first kappa shape index (κ1) is 19.4. The highest BCUT2D eigenvalue weighted by molar-refractivity contribution is 5.91. The van der Waals surface area contributed by atoms with E-state index in [-0.39, 0.29) is 25.2 Å². The number of ether oxygens (including phenoxy) is 2. The van der Waals surface area contributed by atoms with Crippen molar-refractivity contribution in [3.63, 3.8) is 0 Å². The molecule has 0 aromatic rings. The molecule has 0 aromatic heterocycles. The van der Waals surface area contributed by atoms with E-state index in [9.17, 15) is 19.2 Å². The van der Waals surface area contributed by atoms with Crippen molar-refractivity contribution in [2.24, 2.45) is 5.73 Å². The molecule has 9 nitrogen and oxygen atoms in total. The second-order valence-corrected chi connectivity index (χ2v) is 4.60. The number of esters is 2. The zero-order valence-electron chi connectivity index (χ0n) is 12.8. The van der Waals surface area contributed by atoms with Crippen LogP contribution in [-0.2, 0) is 23.9 Å². The normalized spacial score (nSPS) is 13.0. The smallest absolute Gasteiger partial charge is 0.331 e. The summed E-state index contributed by atoms with van der Waals surface area (Å²) in [6.45, 7) is 4.51. The Morgan fingerprint density at radius 1 is 0.955 bits per heavy atom. The van der Waals surface area contributed by atoms with Gasteiger partial charge in [-0.25, -0.2) is 14.4 Å². The molecule has 0 aliphatic heterocycles. The van der Waals surface area contributed by atoms with Crippen LogP contribution in [0, 0.1) is 0 Å². The highest BCUT2D eigenvalue weighted by Gasteiger charge is 2.08. The molecule has 0 aliphatic rings. The Bertz CT molecular complexity index is 409. The van der Waals surface area contributed by atoms with E-state index in [1.54, 1.807) is 13.8 Å². The molecule has 9 heteroatoms. The fourth-order valence-electron chi connectivity index (χ4n) is 1.32. The Labute approximate surface area is 128 Å². The van der Waals surface area contributed by atoms with Gasteiger partial charge in [-0.05, 0) is 13.8 Å². The summed E-state index contributed by atoms with van der Waals surface area (Å²) in [6, 6.07) is -1.50. The summed E-state index contributed by atoms with van der Waals surface area (Å²) in [6.07, 6.45) is 1.82. The molecule has 0 radical (unpaired) electrons. The van der Waals surface area contributed by atoms with Crippen molar-refractivity contribution in [2.45, 2.75) is 32.9 Å². The van der Waals surface area contributed by atoms with Gasteiger partial charge in [-0.2, -0.15) is 0 Å². The van der Waals surface area contributed by atoms with Gasteiger partial charge < -0.3 is 25.8 Å². The number of amides is 3. The van der Waals surface area contributed by atoms with Crippen molar-refractivity contribution in [1.82, 2.24) is 10.6 Å². The molecule has 124 valence electrons. The van der Waals surface area contributed by atoms with Crippen LogP contribution >= 0.6 is 0 Å². The van der Waals surface area contributed by atoms with Crippen molar-refractivity contribution in [1.29, 1.82) is 0 Å². The topological polar surface area (TPSA) is 137 Å². The number of carbonyl (C=O) groups excluding carboxylic acids is 4. The van der Waals surface area contributed by atoms with Crippen molar-refractivity contribution in [3.8, 4) is 0 Å². The number of nitrogens with two attached hydrogens (primary N) is 1.